The van der Waals surface area contributed by atoms with Gasteiger partial charge in [0.2, 0.25) is 0 Å². The van der Waals surface area contributed by atoms with Crippen molar-refractivity contribution in [3.05, 3.63) is 29.6 Å². The molecule has 0 bridgehead atoms. The monoisotopic (exact) mass is 280 g/mol. The van der Waals surface area contributed by atoms with Crippen LogP contribution in [0.3, 0.4) is 0 Å². The SMILES string of the molecule is CC(C)NCc1cc(F)ccc1N1CCC(CO)CC1. The van der Waals surface area contributed by atoms with Crippen molar-refractivity contribution in [2.75, 3.05) is 24.6 Å². The quantitative estimate of drug-likeness (QED) is 0.870. The second kappa shape index (κ2) is 7.04. The summed E-state index contributed by atoms with van der Waals surface area (Å²) < 4.78 is 13.5. The molecular formula is C16H25FN2O. The minimum atomic E-state index is -0.181. The van der Waals surface area contributed by atoms with Crippen LogP contribution in [0.4, 0.5) is 10.1 Å². The molecule has 0 radical (unpaired) electrons. The molecular weight excluding hydrogens is 255 g/mol. The van der Waals surface area contributed by atoms with Crippen LogP contribution in [0.15, 0.2) is 18.2 Å². The van der Waals surface area contributed by atoms with Crippen LogP contribution in [0.2, 0.25) is 0 Å². The molecule has 1 fully saturated rings. The third-order valence-electron chi connectivity index (χ3n) is 3.96. The maximum absolute atomic E-state index is 13.5. The van der Waals surface area contributed by atoms with Gasteiger partial charge in [-0.05, 0) is 42.5 Å². The number of piperidine rings is 1. The van der Waals surface area contributed by atoms with Gasteiger partial charge in [0.15, 0.2) is 0 Å². The highest BCUT2D eigenvalue weighted by atomic mass is 19.1. The summed E-state index contributed by atoms with van der Waals surface area (Å²) in [5.41, 5.74) is 2.14. The Balaban J connectivity index is 2.10. The third-order valence-corrected chi connectivity index (χ3v) is 3.96. The van der Waals surface area contributed by atoms with Gasteiger partial charge in [0.05, 0.1) is 0 Å². The van der Waals surface area contributed by atoms with Crippen molar-refractivity contribution in [3.8, 4) is 0 Å². The maximum atomic E-state index is 13.5. The van der Waals surface area contributed by atoms with Crippen LogP contribution in [0.5, 0.6) is 0 Å². The minimum Gasteiger partial charge on any atom is -0.396 e. The zero-order valence-corrected chi connectivity index (χ0v) is 12.4. The fourth-order valence-corrected chi connectivity index (χ4v) is 2.67. The van der Waals surface area contributed by atoms with E-state index in [1.54, 1.807) is 6.07 Å². The highest BCUT2D eigenvalue weighted by molar-refractivity contribution is 5.54. The van der Waals surface area contributed by atoms with Gasteiger partial charge in [-0.2, -0.15) is 0 Å². The van der Waals surface area contributed by atoms with E-state index >= 15 is 0 Å². The van der Waals surface area contributed by atoms with E-state index in [1.807, 2.05) is 6.07 Å². The van der Waals surface area contributed by atoms with E-state index in [0.717, 1.165) is 37.2 Å². The van der Waals surface area contributed by atoms with Gasteiger partial charge in [0, 0.05) is 38.0 Å². The average Bonchev–Trinajstić information content (AvgIpc) is 2.45. The zero-order valence-electron chi connectivity index (χ0n) is 12.4. The van der Waals surface area contributed by atoms with Crippen LogP contribution >= 0.6 is 0 Å². The van der Waals surface area contributed by atoms with Gasteiger partial charge in [-0.1, -0.05) is 13.8 Å². The second-order valence-corrected chi connectivity index (χ2v) is 5.92. The lowest BCUT2D eigenvalue weighted by Gasteiger charge is -2.34. The van der Waals surface area contributed by atoms with Crippen molar-refractivity contribution in [2.45, 2.75) is 39.3 Å². The predicted molar refractivity (Wildman–Crippen MR) is 80.4 cm³/mol. The Morgan fingerprint density at radius 1 is 1.35 bits per heavy atom. The number of halogens is 1. The van der Waals surface area contributed by atoms with E-state index in [0.29, 0.717) is 18.5 Å². The molecule has 0 atom stereocenters. The molecule has 20 heavy (non-hydrogen) atoms. The first-order valence-corrected chi connectivity index (χ1v) is 7.47. The molecule has 1 saturated heterocycles. The lowest BCUT2D eigenvalue weighted by atomic mass is 9.97. The summed E-state index contributed by atoms with van der Waals surface area (Å²) >= 11 is 0. The van der Waals surface area contributed by atoms with Crippen molar-refractivity contribution in [3.63, 3.8) is 0 Å². The summed E-state index contributed by atoms with van der Waals surface area (Å²) in [6.45, 7) is 7.01. The van der Waals surface area contributed by atoms with Gasteiger partial charge < -0.3 is 15.3 Å². The van der Waals surface area contributed by atoms with Crippen molar-refractivity contribution in [1.82, 2.24) is 5.32 Å². The Hall–Kier alpha value is -1.13. The minimum absolute atomic E-state index is 0.181. The largest absolute Gasteiger partial charge is 0.396 e. The lowest BCUT2D eigenvalue weighted by Crippen LogP contribution is -2.35. The van der Waals surface area contributed by atoms with Crippen molar-refractivity contribution < 1.29 is 9.50 Å². The molecule has 1 heterocycles. The second-order valence-electron chi connectivity index (χ2n) is 5.92. The molecule has 4 heteroatoms. The molecule has 1 aromatic carbocycles. The van der Waals surface area contributed by atoms with Gasteiger partial charge in [0.25, 0.3) is 0 Å². The van der Waals surface area contributed by atoms with Crippen molar-refractivity contribution in [1.29, 1.82) is 0 Å². The number of aliphatic hydroxyl groups is 1. The van der Waals surface area contributed by atoms with E-state index in [1.165, 1.54) is 6.07 Å². The van der Waals surface area contributed by atoms with Crippen LogP contribution < -0.4 is 10.2 Å². The molecule has 1 aliphatic rings. The van der Waals surface area contributed by atoms with Crippen LogP contribution in [-0.2, 0) is 6.54 Å². The standard InChI is InChI=1S/C16H25FN2O/c1-12(2)18-10-14-9-15(17)3-4-16(14)19-7-5-13(11-20)6-8-19/h3-4,9,12-13,18,20H,5-8,10-11H2,1-2H3. The first kappa shape index (κ1) is 15.3. The number of rotatable bonds is 5. The Labute approximate surface area is 120 Å². The summed E-state index contributed by atoms with van der Waals surface area (Å²) in [6, 6.07) is 5.42. The summed E-state index contributed by atoms with van der Waals surface area (Å²) in [7, 11) is 0. The van der Waals surface area contributed by atoms with E-state index < -0.39 is 0 Å². The molecule has 1 aliphatic heterocycles. The highest BCUT2D eigenvalue weighted by Gasteiger charge is 2.20. The van der Waals surface area contributed by atoms with Gasteiger partial charge in [0.1, 0.15) is 5.82 Å². The number of benzene rings is 1. The molecule has 3 nitrogen and oxygen atoms in total. The molecule has 2 rings (SSSR count). The van der Waals surface area contributed by atoms with E-state index in [4.69, 9.17) is 0 Å². The van der Waals surface area contributed by atoms with E-state index in [9.17, 15) is 9.50 Å². The Kier molecular flexibility index (Phi) is 5.38. The third kappa shape index (κ3) is 3.93. The van der Waals surface area contributed by atoms with E-state index in [2.05, 4.69) is 24.1 Å². The zero-order chi connectivity index (χ0) is 14.5. The normalized spacial score (nSPS) is 16.9. The van der Waals surface area contributed by atoms with Crippen molar-refractivity contribution in [2.24, 2.45) is 5.92 Å². The fourth-order valence-electron chi connectivity index (χ4n) is 2.67. The molecule has 1 aromatic rings. The maximum Gasteiger partial charge on any atom is 0.123 e. The Morgan fingerprint density at radius 2 is 2.05 bits per heavy atom. The Morgan fingerprint density at radius 3 is 2.65 bits per heavy atom. The molecule has 2 N–H and O–H groups in total. The molecule has 0 aliphatic carbocycles. The van der Waals surface area contributed by atoms with Gasteiger partial charge in [-0.25, -0.2) is 4.39 Å². The van der Waals surface area contributed by atoms with Gasteiger partial charge >= 0.3 is 0 Å². The number of hydrogen-bond donors (Lipinski definition) is 2. The van der Waals surface area contributed by atoms with E-state index in [-0.39, 0.29) is 12.4 Å². The summed E-state index contributed by atoms with van der Waals surface area (Å²) in [5.74, 6) is 0.239. The number of nitrogens with zero attached hydrogens (tertiary/aromatic N) is 1. The molecule has 0 amide bonds. The smallest absolute Gasteiger partial charge is 0.123 e. The molecule has 0 aromatic heterocycles. The summed E-state index contributed by atoms with van der Waals surface area (Å²) in [5, 5.41) is 12.6. The molecule has 112 valence electrons. The topological polar surface area (TPSA) is 35.5 Å². The fraction of sp³-hybridized carbons (Fsp3) is 0.625. The number of nitrogens with one attached hydrogen (secondary N) is 1. The first-order valence-electron chi connectivity index (χ1n) is 7.47. The summed E-state index contributed by atoms with van der Waals surface area (Å²) in [4.78, 5) is 2.31. The first-order chi connectivity index (χ1) is 9.60. The van der Waals surface area contributed by atoms with Crippen LogP contribution in [0, 0.1) is 11.7 Å². The lowest BCUT2D eigenvalue weighted by molar-refractivity contribution is 0.203. The number of anilines is 1. The van der Waals surface area contributed by atoms with Crippen molar-refractivity contribution >= 4 is 5.69 Å². The predicted octanol–water partition coefficient (Wildman–Crippen LogP) is 2.53. The van der Waals surface area contributed by atoms with Crippen LogP contribution in [0.25, 0.3) is 0 Å². The molecule has 0 unspecified atom stereocenters. The molecule has 0 spiro atoms. The Bertz CT molecular complexity index is 428. The number of aliphatic hydroxyl groups excluding tert-OH is 1. The number of hydrogen-bond acceptors (Lipinski definition) is 3. The van der Waals surface area contributed by atoms with Gasteiger partial charge in [-0.15, -0.1) is 0 Å². The van der Waals surface area contributed by atoms with Crippen LogP contribution in [0.1, 0.15) is 32.3 Å². The molecule has 0 saturated carbocycles. The average molecular weight is 280 g/mol. The highest BCUT2D eigenvalue weighted by Crippen LogP contribution is 2.27. The van der Waals surface area contributed by atoms with Gasteiger partial charge in [-0.3, -0.25) is 0 Å². The van der Waals surface area contributed by atoms with Crippen LogP contribution in [-0.4, -0.2) is 30.8 Å². The summed E-state index contributed by atoms with van der Waals surface area (Å²) in [6.07, 6.45) is 2.01.